The van der Waals surface area contributed by atoms with E-state index in [1.54, 1.807) is 18.3 Å². The van der Waals surface area contributed by atoms with E-state index in [-0.39, 0.29) is 12.5 Å². The van der Waals surface area contributed by atoms with Gasteiger partial charge in [-0.05, 0) is 12.5 Å². The number of amides is 1. The molecule has 0 aliphatic heterocycles. The molecule has 25 heavy (non-hydrogen) atoms. The number of hydrogen-bond donors (Lipinski definition) is 3. The van der Waals surface area contributed by atoms with Crippen molar-refractivity contribution < 1.29 is 9.90 Å². The van der Waals surface area contributed by atoms with E-state index in [4.69, 9.17) is 0 Å². The second kappa shape index (κ2) is 8.04. The molecule has 6 nitrogen and oxygen atoms in total. The predicted octanol–water partition coefficient (Wildman–Crippen LogP) is 2.66. The van der Waals surface area contributed by atoms with Crippen LogP contribution < -0.4 is 10.6 Å². The molecule has 0 saturated carbocycles. The Balaban J connectivity index is 1.74. The number of fused-ring (bicyclic) bond motifs is 1. The molecule has 2 aromatic heterocycles. The number of benzene rings is 1. The minimum Gasteiger partial charge on any atom is -0.392 e. The zero-order valence-corrected chi connectivity index (χ0v) is 14.7. The standard InChI is InChI=1S/C18H20N4O2S/c1-12(23)9-20-15(24)7-8-19-17-16-14(13-5-3-2-4-6-13)10-25-18(16)22-11-21-17/h2-6,10-12,23H,7-9H2,1H3,(H,20,24)(H,19,21,22). The topological polar surface area (TPSA) is 87.1 Å². The second-order valence-electron chi connectivity index (χ2n) is 5.75. The normalized spacial score (nSPS) is 12.1. The Morgan fingerprint density at radius 3 is 2.84 bits per heavy atom. The number of carbonyl (C=O) groups excluding carboxylic acids is 1. The van der Waals surface area contributed by atoms with Crippen LogP contribution in [0.2, 0.25) is 0 Å². The molecule has 130 valence electrons. The maximum atomic E-state index is 11.7. The zero-order chi connectivity index (χ0) is 17.6. The summed E-state index contributed by atoms with van der Waals surface area (Å²) in [6, 6.07) is 10.1. The number of aromatic nitrogens is 2. The van der Waals surface area contributed by atoms with E-state index in [0.717, 1.165) is 27.2 Å². The SMILES string of the molecule is CC(O)CNC(=O)CCNc1ncnc2scc(-c3ccccc3)c12. The molecule has 2 heterocycles. The number of carbonyl (C=O) groups is 1. The Kier molecular flexibility index (Phi) is 5.57. The van der Waals surface area contributed by atoms with Crippen molar-refractivity contribution in [1.29, 1.82) is 0 Å². The van der Waals surface area contributed by atoms with Gasteiger partial charge in [0.25, 0.3) is 0 Å². The summed E-state index contributed by atoms with van der Waals surface area (Å²) in [4.78, 5) is 21.3. The molecule has 1 unspecified atom stereocenters. The van der Waals surface area contributed by atoms with Gasteiger partial charge in [0.05, 0.1) is 11.5 Å². The quantitative estimate of drug-likeness (QED) is 0.606. The molecule has 1 amide bonds. The lowest BCUT2D eigenvalue weighted by atomic mass is 10.1. The molecule has 7 heteroatoms. The summed E-state index contributed by atoms with van der Waals surface area (Å²) in [6.45, 7) is 2.36. The number of nitrogens with one attached hydrogen (secondary N) is 2. The fraction of sp³-hybridized carbons (Fsp3) is 0.278. The Morgan fingerprint density at radius 2 is 2.08 bits per heavy atom. The van der Waals surface area contributed by atoms with Gasteiger partial charge in [-0.25, -0.2) is 9.97 Å². The van der Waals surface area contributed by atoms with Gasteiger partial charge in [0, 0.05) is 30.5 Å². The first kappa shape index (κ1) is 17.3. The van der Waals surface area contributed by atoms with Gasteiger partial charge in [0.15, 0.2) is 0 Å². The molecule has 3 rings (SSSR count). The Morgan fingerprint density at radius 1 is 1.28 bits per heavy atom. The number of rotatable bonds is 7. The van der Waals surface area contributed by atoms with Crippen molar-refractivity contribution in [2.75, 3.05) is 18.4 Å². The highest BCUT2D eigenvalue weighted by atomic mass is 32.1. The monoisotopic (exact) mass is 356 g/mol. The third-order valence-electron chi connectivity index (χ3n) is 3.69. The molecule has 1 atom stereocenters. The van der Waals surface area contributed by atoms with Gasteiger partial charge in [0.1, 0.15) is 17.0 Å². The number of anilines is 1. The number of thiophene rings is 1. The third kappa shape index (κ3) is 4.32. The van der Waals surface area contributed by atoms with Crippen LogP contribution in [-0.4, -0.2) is 40.2 Å². The van der Waals surface area contributed by atoms with Gasteiger partial charge in [0.2, 0.25) is 5.91 Å². The fourth-order valence-electron chi connectivity index (χ4n) is 2.48. The van der Waals surface area contributed by atoms with Crippen molar-refractivity contribution in [3.8, 4) is 11.1 Å². The van der Waals surface area contributed by atoms with Crippen LogP contribution in [-0.2, 0) is 4.79 Å². The van der Waals surface area contributed by atoms with E-state index in [9.17, 15) is 9.90 Å². The Labute approximate surface area is 149 Å². The summed E-state index contributed by atoms with van der Waals surface area (Å²) in [5.41, 5.74) is 2.20. The lowest BCUT2D eigenvalue weighted by Gasteiger charge is -2.09. The molecule has 0 aliphatic carbocycles. The maximum absolute atomic E-state index is 11.7. The van der Waals surface area contributed by atoms with Crippen LogP contribution >= 0.6 is 11.3 Å². The molecular weight excluding hydrogens is 336 g/mol. The van der Waals surface area contributed by atoms with E-state index in [1.165, 1.54) is 6.33 Å². The number of aliphatic hydroxyl groups excluding tert-OH is 1. The minimum absolute atomic E-state index is 0.104. The van der Waals surface area contributed by atoms with Crippen molar-refractivity contribution >= 4 is 33.3 Å². The lowest BCUT2D eigenvalue weighted by molar-refractivity contribution is -0.121. The summed E-state index contributed by atoms with van der Waals surface area (Å²) in [6.07, 6.45) is 1.30. The Bertz CT molecular complexity index is 849. The molecule has 3 N–H and O–H groups in total. The molecule has 0 radical (unpaired) electrons. The first-order valence-corrected chi connectivity index (χ1v) is 8.99. The average molecular weight is 356 g/mol. The van der Waals surface area contributed by atoms with Gasteiger partial charge < -0.3 is 15.7 Å². The van der Waals surface area contributed by atoms with Crippen molar-refractivity contribution in [3.05, 3.63) is 42.0 Å². The Hall–Kier alpha value is -2.51. The van der Waals surface area contributed by atoms with Crippen LogP contribution in [0.3, 0.4) is 0 Å². The molecule has 3 aromatic rings. The highest BCUT2D eigenvalue weighted by Gasteiger charge is 2.13. The molecule has 0 spiro atoms. The molecule has 0 bridgehead atoms. The molecule has 1 aromatic carbocycles. The molecule has 0 aliphatic rings. The largest absolute Gasteiger partial charge is 0.392 e. The van der Waals surface area contributed by atoms with Gasteiger partial charge in [-0.1, -0.05) is 30.3 Å². The van der Waals surface area contributed by atoms with E-state index >= 15 is 0 Å². The van der Waals surface area contributed by atoms with E-state index < -0.39 is 6.10 Å². The molecule has 0 saturated heterocycles. The lowest BCUT2D eigenvalue weighted by Crippen LogP contribution is -2.31. The van der Waals surface area contributed by atoms with Gasteiger partial charge >= 0.3 is 0 Å². The first-order chi connectivity index (χ1) is 12.1. The highest BCUT2D eigenvalue weighted by Crippen LogP contribution is 2.36. The van der Waals surface area contributed by atoms with Crippen LogP contribution in [0.4, 0.5) is 5.82 Å². The van der Waals surface area contributed by atoms with Crippen molar-refractivity contribution in [3.63, 3.8) is 0 Å². The van der Waals surface area contributed by atoms with Gasteiger partial charge in [-0.3, -0.25) is 4.79 Å². The number of nitrogens with zero attached hydrogens (tertiary/aromatic N) is 2. The highest BCUT2D eigenvalue weighted by molar-refractivity contribution is 7.17. The van der Waals surface area contributed by atoms with E-state index in [1.807, 2.05) is 18.2 Å². The van der Waals surface area contributed by atoms with Crippen molar-refractivity contribution in [2.24, 2.45) is 0 Å². The molecule has 0 fully saturated rings. The number of aliphatic hydroxyl groups is 1. The maximum Gasteiger partial charge on any atom is 0.221 e. The van der Waals surface area contributed by atoms with Crippen LogP contribution in [0.25, 0.3) is 21.3 Å². The summed E-state index contributed by atoms with van der Waals surface area (Å²) in [5, 5.41) is 18.2. The first-order valence-electron chi connectivity index (χ1n) is 8.11. The summed E-state index contributed by atoms with van der Waals surface area (Å²) >= 11 is 1.58. The van der Waals surface area contributed by atoms with Gasteiger partial charge in [-0.15, -0.1) is 11.3 Å². The average Bonchev–Trinajstić information content (AvgIpc) is 3.06. The van der Waals surface area contributed by atoms with Crippen LogP contribution in [0.5, 0.6) is 0 Å². The van der Waals surface area contributed by atoms with Crippen molar-refractivity contribution in [1.82, 2.24) is 15.3 Å². The van der Waals surface area contributed by atoms with E-state index in [0.29, 0.717) is 13.0 Å². The van der Waals surface area contributed by atoms with Crippen LogP contribution in [0.1, 0.15) is 13.3 Å². The third-order valence-corrected chi connectivity index (χ3v) is 4.58. The van der Waals surface area contributed by atoms with Gasteiger partial charge in [-0.2, -0.15) is 0 Å². The predicted molar refractivity (Wildman–Crippen MR) is 101 cm³/mol. The van der Waals surface area contributed by atoms with Crippen LogP contribution in [0, 0.1) is 0 Å². The summed E-state index contributed by atoms with van der Waals surface area (Å²) in [7, 11) is 0. The number of hydrogen-bond acceptors (Lipinski definition) is 6. The summed E-state index contributed by atoms with van der Waals surface area (Å²) in [5.74, 6) is 0.626. The zero-order valence-electron chi connectivity index (χ0n) is 13.9. The van der Waals surface area contributed by atoms with Crippen LogP contribution in [0.15, 0.2) is 42.0 Å². The van der Waals surface area contributed by atoms with Crippen molar-refractivity contribution in [2.45, 2.75) is 19.4 Å². The molecular formula is C18H20N4O2S. The summed E-state index contributed by atoms with van der Waals surface area (Å²) < 4.78 is 0. The minimum atomic E-state index is -0.544. The fourth-order valence-corrected chi connectivity index (χ4v) is 3.40. The van der Waals surface area contributed by atoms with E-state index in [2.05, 4.69) is 38.1 Å². The smallest absolute Gasteiger partial charge is 0.221 e. The second-order valence-corrected chi connectivity index (χ2v) is 6.61.